The van der Waals surface area contributed by atoms with Crippen LogP contribution >= 0.6 is 0 Å². The molecule has 1 N–H and O–H groups in total. The van der Waals surface area contributed by atoms with E-state index >= 15 is 0 Å². The first-order chi connectivity index (χ1) is 10.5. The number of nitrogens with one attached hydrogen (secondary N) is 1. The Morgan fingerprint density at radius 2 is 2.00 bits per heavy atom. The van der Waals surface area contributed by atoms with Crippen LogP contribution in [-0.2, 0) is 10.0 Å². The molecule has 1 aliphatic heterocycles. The summed E-state index contributed by atoms with van der Waals surface area (Å²) >= 11 is 0. The molecule has 0 radical (unpaired) electrons. The molecule has 2 heterocycles. The van der Waals surface area contributed by atoms with Gasteiger partial charge in [0.15, 0.2) is 0 Å². The fraction of sp³-hybridized carbons (Fsp3) is 0.583. The predicted molar refractivity (Wildman–Crippen MR) is 80.2 cm³/mol. The SMILES string of the molecule is CCS(=O)(=O)N1CCN(C(=O)Nc2cc(OC)ncn2)CC1. The number of methoxy groups -OCH3 is 1. The Kier molecular flexibility index (Phi) is 5.14. The predicted octanol–water partition coefficient (Wildman–Crippen LogP) is -0.0156. The summed E-state index contributed by atoms with van der Waals surface area (Å²) in [6.45, 7) is 2.89. The van der Waals surface area contributed by atoms with E-state index in [1.54, 1.807) is 11.8 Å². The van der Waals surface area contributed by atoms with Crippen LogP contribution in [0.5, 0.6) is 5.88 Å². The van der Waals surface area contributed by atoms with Crippen molar-refractivity contribution in [2.24, 2.45) is 0 Å². The highest BCUT2D eigenvalue weighted by molar-refractivity contribution is 7.89. The average Bonchev–Trinajstić information content (AvgIpc) is 2.55. The van der Waals surface area contributed by atoms with Gasteiger partial charge in [0.2, 0.25) is 15.9 Å². The molecule has 0 aromatic carbocycles. The number of aromatic nitrogens is 2. The minimum absolute atomic E-state index is 0.0694. The molecule has 22 heavy (non-hydrogen) atoms. The smallest absolute Gasteiger partial charge is 0.323 e. The Morgan fingerprint density at radius 3 is 2.59 bits per heavy atom. The summed E-state index contributed by atoms with van der Waals surface area (Å²) in [5, 5.41) is 2.64. The number of anilines is 1. The number of rotatable bonds is 4. The van der Waals surface area contributed by atoms with Gasteiger partial charge in [-0.3, -0.25) is 5.32 Å². The minimum Gasteiger partial charge on any atom is -0.481 e. The number of carbonyl (C=O) groups excluding carboxylic acids is 1. The number of amides is 2. The van der Waals surface area contributed by atoms with Crippen molar-refractivity contribution < 1.29 is 17.9 Å². The lowest BCUT2D eigenvalue weighted by Crippen LogP contribution is -2.51. The number of urea groups is 1. The van der Waals surface area contributed by atoms with E-state index in [0.717, 1.165) is 0 Å². The Balaban J connectivity index is 1.92. The minimum atomic E-state index is -3.20. The van der Waals surface area contributed by atoms with Crippen molar-refractivity contribution in [2.45, 2.75) is 6.92 Å². The highest BCUT2D eigenvalue weighted by Gasteiger charge is 2.27. The van der Waals surface area contributed by atoms with E-state index in [0.29, 0.717) is 37.9 Å². The topological polar surface area (TPSA) is 105 Å². The van der Waals surface area contributed by atoms with Gasteiger partial charge in [0.1, 0.15) is 12.1 Å². The molecule has 1 fully saturated rings. The first-order valence-corrected chi connectivity index (χ1v) is 8.47. The lowest BCUT2D eigenvalue weighted by molar-refractivity contribution is 0.184. The zero-order valence-corrected chi connectivity index (χ0v) is 13.3. The van der Waals surface area contributed by atoms with Crippen LogP contribution in [0.1, 0.15) is 6.92 Å². The van der Waals surface area contributed by atoms with Crippen LogP contribution < -0.4 is 10.1 Å². The largest absolute Gasteiger partial charge is 0.481 e. The molecule has 0 bridgehead atoms. The summed E-state index contributed by atoms with van der Waals surface area (Å²) in [6, 6.07) is 1.18. The van der Waals surface area contributed by atoms with Crippen molar-refractivity contribution in [3.05, 3.63) is 12.4 Å². The molecule has 0 aliphatic carbocycles. The van der Waals surface area contributed by atoms with Gasteiger partial charge in [-0.1, -0.05) is 0 Å². The summed E-state index contributed by atoms with van der Waals surface area (Å²) in [6.07, 6.45) is 1.29. The number of ether oxygens (including phenoxy) is 1. The Morgan fingerprint density at radius 1 is 1.32 bits per heavy atom. The zero-order valence-electron chi connectivity index (χ0n) is 12.5. The molecule has 0 saturated carbocycles. The normalized spacial score (nSPS) is 16.4. The number of hydrogen-bond donors (Lipinski definition) is 1. The Bertz CT molecular complexity index is 628. The fourth-order valence-corrected chi connectivity index (χ4v) is 3.14. The second-order valence-electron chi connectivity index (χ2n) is 4.66. The molecule has 1 aliphatic rings. The molecule has 1 aromatic rings. The fourth-order valence-electron chi connectivity index (χ4n) is 2.06. The van der Waals surface area contributed by atoms with Crippen LogP contribution in [0.4, 0.5) is 10.6 Å². The number of sulfonamides is 1. The molecule has 1 aromatic heterocycles. The van der Waals surface area contributed by atoms with Crippen molar-refractivity contribution in [1.82, 2.24) is 19.2 Å². The second-order valence-corrected chi connectivity index (χ2v) is 6.92. The van der Waals surface area contributed by atoms with Crippen molar-refractivity contribution >= 4 is 21.9 Å². The van der Waals surface area contributed by atoms with Crippen LogP contribution in [0.15, 0.2) is 12.4 Å². The third kappa shape index (κ3) is 3.83. The molecule has 0 unspecified atom stereocenters. The molecule has 2 rings (SSSR count). The maximum absolute atomic E-state index is 12.1. The standard InChI is InChI=1S/C12H19N5O4S/c1-3-22(19,20)17-6-4-16(5-7-17)12(18)15-10-8-11(21-2)14-9-13-10/h8-9H,3-7H2,1-2H3,(H,13,14,15,18). The number of nitrogens with zero attached hydrogens (tertiary/aromatic N) is 4. The average molecular weight is 329 g/mol. The molecular formula is C12H19N5O4S. The monoisotopic (exact) mass is 329 g/mol. The van der Waals surface area contributed by atoms with E-state index in [9.17, 15) is 13.2 Å². The summed E-state index contributed by atoms with van der Waals surface area (Å²) in [7, 11) is -1.73. The maximum Gasteiger partial charge on any atom is 0.323 e. The molecule has 2 amide bonds. The van der Waals surface area contributed by atoms with Gasteiger partial charge in [0.25, 0.3) is 0 Å². The third-order valence-corrected chi connectivity index (χ3v) is 5.25. The number of piperazine rings is 1. The maximum atomic E-state index is 12.1. The summed E-state index contributed by atoms with van der Waals surface area (Å²) in [5.74, 6) is 0.754. The molecule has 9 nitrogen and oxygen atoms in total. The van der Waals surface area contributed by atoms with Crippen molar-refractivity contribution in [3.8, 4) is 5.88 Å². The van der Waals surface area contributed by atoms with Gasteiger partial charge >= 0.3 is 6.03 Å². The van der Waals surface area contributed by atoms with Gasteiger partial charge in [-0.25, -0.2) is 23.2 Å². The van der Waals surface area contributed by atoms with E-state index in [1.165, 1.54) is 23.8 Å². The van der Waals surface area contributed by atoms with E-state index in [-0.39, 0.29) is 11.8 Å². The van der Waals surface area contributed by atoms with Gasteiger partial charge in [0, 0.05) is 32.2 Å². The molecule has 1 saturated heterocycles. The van der Waals surface area contributed by atoms with Gasteiger partial charge in [-0.15, -0.1) is 0 Å². The lowest BCUT2D eigenvalue weighted by Gasteiger charge is -2.33. The Hall–Kier alpha value is -1.94. The molecule has 10 heteroatoms. The highest BCUT2D eigenvalue weighted by atomic mass is 32.2. The van der Waals surface area contributed by atoms with E-state index in [4.69, 9.17) is 4.74 Å². The van der Waals surface area contributed by atoms with E-state index < -0.39 is 10.0 Å². The lowest BCUT2D eigenvalue weighted by atomic mass is 10.4. The number of hydrogen-bond acceptors (Lipinski definition) is 6. The van der Waals surface area contributed by atoms with Crippen LogP contribution in [0.3, 0.4) is 0 Å². The molecule has 122 valence electrons. The first-order valence-electron chi connectivity index (χ1n) is 6.86. The van der Waals surface area contributed by atoms with Crippen LogP contribution in [0.25, 0.3) is 0 Å². The van der Waals surface area contributed by atoms with Crippen molar-refractivity contribution in [1.29, 1.82) is 0 Å². The third-order valence-electron chi connectivity index (χ3n) is 3.37. The first kappa shape index (κ1) is 16.4. The molecule has 0 atom stereocenters. The quantitative estimate of drug-likeness (QED) is 0.833. The van der Waals surface area contributed by atoms with Crippen molar-refractivity contribution in [2.75, 3.05) is 44.4 Å². The van der Waals surface area contributed by atoms with E-state index in [2.05, 4.69) is 15.3 Å². The van der Waals surface area contributed by atoms with Gasteiger partial charge in [-0.05, 0) is 6.92 Å². The van der Waals surface area contributed by atoms with Gasteiger partial charge in [-0.2, -0.15) is 4.31 Å². The summed E-state index contributed by atoms with van der Waals surface area (Å²) < 4.78 is 29.9. The van der Waals surface area contributed by atoms with Crippen molar-refractivity contribution in [3.63, 3.8) is 0 Å². The highest BCUT2D eigenvalue weighted by Crippen LogP contribution is 2.12. The Labute approximate surface area is 129 Å². The molecule has 0 spiro atoms. The second kappa shape index (κ2) is 6.88. The van der Waals surface area contributed by atoms with Crippen LogP contribution in [0, 0.1) is 0 Å². The number of carbonyl (C=O) groups is 1. The van der Waals surface area contributed by atoms with Crippen LogP contribution in [-0.4, -0.2) is 72.7 Å². The summed E-state index contributed by atoms with van der Waals surface area (Å²) in [4.78, 5) is 21.5. The van der Waals surface area contributed by atoms with Gasteiger partial charge < -0.3 is 9.64 Å². The summed E-state index contributed by atoms with van der Waals surface area (Å²) in [5.41, 5.74) is 0. The zero-order chi connectivity index (χ0) is 16.2. The molecular weight excluding hydrogens is 310 g/mol. The van der Waals surface area contributed by atoms with E-state index in [1.807, 2.05) is 0 Å². The van der Waals surface area contributed by atoms with Crippen LogP contribution in [0.2, 0.25) is 0 Å². The van der Waals surface area contributed by atoms with Gasteiger partial charge in [0.05, 0.1) is 12.9 Å².